The van der Waals surface area contributed by atoms with Crippen LogP contribution in [0.25, 0.3) is 0 Å². The Hall–Kier alpha value is -1.40. The third-order valence-corrected chi connectivity index (χ3v) is 3.87. The minimum Gasteiger partial charge on any atom is -0.478 e. The Kier molecular flexibility index (Phi) is 4.55. The van der Waals surface area contributed by atoms with Gasteiger partial charge in [-0.1, -0.05) is 6.92 Å². The van der Waals surface area contributed by atoms with Crippen LogP contribution in [0.4, 0.5) is 0 Å². The van der Waals surface area contributed by atoms with Gasteiger partial charge in [-0.3, -0.25) is 9.58 Å². The molecule has 1 aromatic rings. The average Bonchev–Trinajstić information content (AvgIpc) is 2.97. The van der Waals surface area contributed by atoms with Gasteiger partial charge in [0.05, 0.1) is 11.9 Å². The van der Waals surface area contributed by atoms with Crippen molar-refractivity contribution in [2.24, 2.45) is 7.05 Å². The van der Waals surface area contributed by atoms with E-state index in [1.807, 2.05) is 0 Å². The topological polar surface area (TPSA) is 70.4 Å². The second-order valence-electron chi connectivity index (χ2n) is 4.99. The SMILES string of the molecule is CCN1CCCC1CNCc1c(C(=O)O)cnn1C. The van der Waals surface area contributed by atoms with E-state index in [-0.39, 0.29) is 5.56 Å². The molecule has 0 bridgehead atoms. The summed E-state index contributed by atoms with van der Waals surface area (Å²) in [5, 5.41) is 16.4. The van der Waals surface area contributed by atoms with E-state index < -0.39 is 5.97 Å². The van der Waals surface area contributed by atoms with Crippen molar-refractivity contribution in [3.63, 3.8) is 0 Å². The van der Waals surface area contributed by atoms with Crippen molar-refractivity contribution in [3.8, 4) is 0 Å². The maximum absolute atomic E-state index is 11.1. The summed E-state index contributed by atoms with van der Waals surface area (Å²) in [6.45, 7) is 5.89. The first-order valence-electron chi connectivity index (χ1n) is 6.82. The lowest BCUT2D eigenvalue weighted by Crippen LogP contribution is -2.37. The number of aromatic nitrogens is 2. The van der Waals surface area contributed by atoms with Gasteiger partial charge in [0, 0.05) is 26.2 Å². The number of aromatic carboxylic acids is 1. The van der Waals surface area contributed by atoms with Crippen LogP contribution >= 0.6 is 0 Å². The molecule has 0 saturated carbocycles. The van der Waals surface area contributed by atoms with E-state index in [4.69, 9.17) is 5.11 Å². The van der Waals surface area contributed by atoms with Gasteiger partial charge in [-0.15, -0.1) is 0 Å². The molecule has 0 amide bonds. The number of rotatable bonds is 6. The van der Waals surface area contributed by atoms with Crippen LogP contribution in [0.5, 0.6) is 0 Å². The van der Waals surface area contributed by atoms with Crippen LogP contribution < -0.4 is 5.32 Å². The van der Waals surface area contributed by atoms with Gasteiger partial charge < -0.3 is 10.4 Å². The maximum Gasteiger partial charge on any atom is 0.339 e. The van der Waals surface area contributed by atoms with Crippen molar-refractivity contribution in [1.29, 1.82) is 0 Å². The standard InChI is InChI=1S/C13H22N4O2/c1-3-17-6-4-5-10(17)7-14-9-12-11(13(18)19)8-15-16(12)2/h8,10,14H,3-7,9H2,1-2H3,(H,18,19). The number of nitrogens with zero attached hydrogens (tertiary/aromatic N) is 3. The van der Waals surface area contributed by atoms with Crippen LogP contribution in [-0.2, 0) is 13.6 Å². The zero-order chi connectivity index (χ0) is 13.8. The quantitative estimate of drug-likeness (QED) is 0.793. The van der Waals surface area contributed by atoms with Gasteiger partial charge in [-0.2, -0.15) is 5.10 Å². The minimum absolute atomic E-state index is 0.286. The molecule has 1 aliphatic rings. The summed E-state index contributed by atoms with van der Waals surface area (Å²) in [7, 11) is 1.78. The Morgan fingerprint density at radius 3 is 3.11 bits per heavy atom. The fourth-order valence-corrected chi connectivity index (χ4v) is 2.75. The van der Waals surface area contributed by atoms with E-state index in [9.17, 15) is 4.79 Å². The minimum atomic E-state index is -0.916. The number of likely N-dealkylation sites (N-methyl/N-ethyl adjacent to an activating group) is 1. The normalized spacial score (nSPS) is 20.0. The van der Waals surface area contributed by atoms with Crippen molar-refractivity contribution < 1.29 is 9.90 Å². The first-order chi connectivity index (χ1) is 9.13. The predicted octanol–water partition coefficient (Wildman–Crippen LogP) is 0.692. The molecular weight excluding hydrogens is 244 g/mol. The van der Waals surface area contributed by atoms with Gasteiger partial charge in [0.2, 0.25) is 0 Å². The third kappa shape index (κ3) is 3.13. The molecular formula is C13H22N4O2. The van der Waals surface area contributed by atoms with Crippen molar-refractivity contribution in [2.45, 2.75) is 32.4 Å². The zero-order valence-corrected chi connectivity index (χ0v) is 11.6. The molecule has 0 aliphatic carbocycles. The van der Waals surface area contributed by atoms with E-state index in [2.05, 4.69) is 22.2 Å². The van der Waals surface area contributed by atoms with Gasteiger partial charge in [0.1, 0.15) is 5.56 Å². The molecule has 1 atom stereocenters. The van der Waals surface area contributed by atoms with E-state index in [0.29, 0.717) is 12.6 Å². The van der Waals surface area contributed by atoms with Gasteiger partial charge >= 0.3 is 5.97 Å². The maximum atomic E-state index is 11.1. The summed E-state index contributed by atoms with van der Waals surface area (Å²) >= 11 is 0. The first kappa shape index (κ1) is 14.0. The molecule has 1 aliphatic heterocycles. The first-order valence-corrected chi connectivity index (χ1v) is 6.82. The zero-order valence-electron chi connectivity index (χ0n) is 11.6. The second-order valence-corrected chi connectivity index (χ2v) is 4.99. The van der Waals surface area contributed by atoms with E-state index in [1.54, 1.807) is 11.7 Å². The average molecular weight is 266 g/mol. The van der Waals surface area contributed by atoms with Crippen LogP contribution in [0, 0.1) is 0 Å². The fourth-order valence-electron chi connectivity index (χ4n) is 2.75. The summed E-state index contributed by atoms with van der Waals surface area (Å²) in [5.41, 5.74) is 1.02. The smallest absolute Gasteiger partial charge is 0.339 e. The summed E-state index contributed by atoms with van der Waals surface area (Å²) in [6.07, 6.45) is 3.89. The number of carboxylic acid groups (broad SMARTS) is 1. The van der Waals surface area contributed by atoms with Gasteiger partial charge in [-0.25, -0.2) is 4.79 Å². The van der Waals surface area contributed by atoms with E-state index >= 15 is 0 Å². The molecule has 2 rings (SSSR count). The summed E-state index contributed by atoms with van der Waals surface area (Å²) in [6, 6.07) is 0.575. The Bertz CT molecular complexity index is 444. The number of carboxylic acids is 1. The van der Waals surface area contributed by atoms with Crippen molar-refractivity contribution >= 4 is 5.97 Å². The van der Waals surface area contributed by atoms with Crippen molar-refractivity contribution in [3.05, 3.63) is 17.5 Å². The molecule has 2 heterocycles. The molecule has 0 aromatic carbocycles. The van der Waals surface area contributed by atoms with Crippen LogP contribution in [0.2, 0.25) is 0 Å². The highest BCUT2D eigenvalue weighted by molar-refractivity contribution is 5.88. The molecule has 1 saturated heterocycles. The molecule has 1 aromatic heterocycles. The van der Waals surface area contributed by atoms with Gasteiger partial charge in [0.25, 0.3) is 0 Å². The molecule has 6 heteroatoms. The molecule has 2 N–H and O–H groups in total. The van der Waals surface area contributed by atoms with Crippen LogP contribution in [0.1, 0.15) is 35.8 Å². The summed E-state index contributed by atoms with van der Waals surface area (Å²) < 4.78 is 1.63. The number of nitrogens with one attached hydrogen (secondary N) is 1. The van der Waals surface area contributed by atoms with Crippen LogP contribution in [-0.4, -0.2) is 51.4 Å². The summed E-state index contributed by atoms with van der Waals surface area (Å²) in [4.78, 5) is 13.5. The molecule has 1 unspecified atom stereocenters. The highest BCUT2D eigenvalue weighted by Crippen LogP contribution is 2.16. The van der Waals surface area contributed by atoms with Crippen molar-refractivity contribution in [2.75, 3.05) is 19.6 Å². The van der Waals surface area contributed by atoms with E-state index in [1.165, 1.54) is 25.6 Å². The molecule has 19 heavy (non-hydrogen) atoms. The number of carbonyl (C=O) groups is 1. The van der Waals surface area contributed by atoms with Gasteiger partial charge in [-0.05, 0) is 25.9 Å². The fraction of sp³-hybridized carbons (Fsp3) is 0.692. The van der Waals surface area contributed by atoms with E-state index in [0.717, 1.165) is 18.8 Å². The largest absolute Gasteiger partial charge is 0.478 e. The van der Waals surface area contributed by atoms with Crippen molar-refractivity contribution in [1.82, 2.24) is 20.0 Å². The monoisotopic (exact) mass is 266 g/mol. The molecule has 6 nitrogen and oxygen atoms in total. The lowest BCUT2D eigenvalue weighted by atomic mass is 10.2. The second kappa shape index (κ2) is 6.16. The molecule has 0 radical (unpaired) electrons. The molecule has 1 fully saturated rings. The third-order valence-electron chi connectivity index (χ3n) is 3.87. The predicted molar refractivity (Wildman–Crippen MR) is 72.1 cm³/mol. The Balaban J connectivity index is 1.89. The number of hydrogen-bond donors (Lipinski definition) is 2. The molecule has 106 valence electrons. The van der Waals surface area contributed by atoms with Gasteiger partial charge in [0.15, 0.2) is 0 Å². The Morgan fingerprint density at radius 2 is 2.42 bits per heavy atom. The lowest BCUT2D eigenvalue weighted by Gasteiger charge is -2.23. The number of aryl methyl sites for hydroxylation is 1. The lowest BCUT2D eigenvalue weighted by molar-refractivity contribution is 0.0695. The Labute approximate surface area is 113 Å². The summed E-state index contributed by atoms with van der Waals surface area (Å²) in [5.74, 6) is -0.916. The Morgan fingerprint density at radius 1 is 1.63 bits per heavy atom. The highest BCUT2D eigenvalue weighted by Gasteiger charge is 2.22. The number of hydrogen-bond acceptors (Lipinski definition) is 4. The van der Waals surface area contributed by atoms with Crippen LogP contribution in [0.15, 0.2) is 6.20 Å². The highest BCUT2D eigenvalue weighted by atomic mass is 16.4. The molecule has 0 spiro atoms. The number of likely N-dealkylation sites (tertiary alicyclic amines) is 1. The van der Waals surface area contributed by atoms with Crippen LogP contribution in [0.3, 0.4) is 0 Å².